The third-order valence-electron chi connectivity index (χ3n) is 0.931. The summed E-state index contributed by atoms with van der Waals surface area (Å²) in [5.41, 5.74) is 6.59. The minimum absolute atomic E-state index is 0.753. The number of allylic oxidation sites excluding steroid dienone is 3. The molecule has 1 heterocycles. The fraction of sp³-hybridized carbons (Fsp3) is 0.200. The van der Waals surface area contributed by atoms with E-state index in [-0.39, 0.29) is 0 Å². The zero-order valence-corrected chi connectivity index (χ0v) is 5.29. The fourth-order valence-electron chi connectivity index (χ4n) is 0.449. The lowest BCUT2D eigenvalue weighted by Gasteiger charge is -2.10. The highest BCUT2D eigenvalue weighted by molar-refractivity contribution is 6.31. The van der Waals surface area contributed by atoms with Crippen LogP contribution in [0.3, 0.4) is 0 Å². The van der Waals surface area contributed by atoms with Gasteiger partial charge >= 0.3 is 0 Å². The molecule has 0 saturated carbocycles. The van der Waals surface area contributed by atoms with Crippen LogP contribution in [-0.2, 0) is 0 Å². The molecule has 44 valence electrons. The van der Waals surface area contributed by atoms with Crippen molar-refractivity contribution >= 4 is 11.6 Å². The molecule has 8 heavy (non-hydrogen) atoms. The molecule has 2 nitrogen and oxygen atoms in total. The molecule has 1 aliphatic heterocycles. The van der Waals surface area contributed by atoms with Gasteiger partial charge in [0.15, 0.2) is 0 Å². The van der Waals surface area contributed by atoms with Gasteiger partial charge in [0.1, 0.15) is 0 Å². The van der Waals surface area contributed by atoms with Gasteiger partial charge < -0.3 is 10.9 Å². The maximum atomic E-state index is 5.66. The van der Waals surface area contributed by atoms with Gasteiger partial charge in [-0.2, -0.15) is 0 Å². The number of hydrogen-bond donors (Lipinski definition) is 2. The molecule has 2 N–H and O–H groups in total. The summed E-state index contributed by atoms with van der Waals surface area (Å²) in [4.78, 5) is 0. The average Bonchev–Trinajstić information content (AvgIpc) is 1.77. The van der Waals surface area contributed by atoms with Crippen molar-refractivity contribution in [1.82, 2.24) is 10.9 Å². The average molecular weight is 131 g/mol. The zero-order valence-electron chi connectivity index (χ0n) is 4.53. The molecule has 0 aromatic carbocycles. The van der Waals surface area contributed by atoms with Gasteiger partial charge in [0, 0.05) is 11.9 Å². The predicted octanol–water partition coefficient (Wildman–Crippen LogP) is 1.08. The summed E-state index contributed by atoms with van der Waals surface area (Å²) in [6.45, 7) is 1.90. The predicted molar refractivity (Wildman–Crippen MR) is 34.0 cm³/mol. The molecular weight excluding hydrogens is 124 g/mol. The van der Waals surface area contributed by atoms with Crippen LogP contribution in [0.15, 0.2) is 23.0 Å². The first-order valence-electron chi connectivity index (χ1n) is 2.35. The van der Waals surface area contributed by atoms with Gasteiger partial charge in [-0.1, -0.05) is 11.6 Å². The van der Waals surface area contributed by atoms with Crippen LogP contribution >= 0.6 is 11.6 Å². The molecule has 1 rings (SSSR count). The maximum Gasteiger partial charge on any atom is 0.0625 e. The van der Waals surface area contributed by atoms with Gasteiger partial charge in [0.2, 0.25) is 0 Å². The van der Waals surface area contributed by atoms with Gasteiger partial charge in [-0.25, -0.2) is 0 Å². The Kier molecular flexibility index (Phi) is 1.44. The highest BCUT2D eigenvalue weighted by Gasteiger charge is 1.96. The lowest BCUT2D eigenvalue weighted by atomic mass is 10.4. The molecule has 1 aliphatic rings. The Morgan fingerprint density at radius 2 is 2.38 bits per heavy atom. The molecule has 0 spiro atoms. The van der Waals surface area contributed by atoms with Crippen LogP contribution in [0, 0.1) is 0 Å². The van der Waals surface area contributed by atoms with Gasteiger partial charge in [0.25, 0.3) is 0 Å². The zero-order chi connectivity index (χ0) is 5.98. The summed E-state index contributed by atoms with van der Waals surface area (Å²) in [7, 11) is 0. The second kappa shape index (κ2) is 2.09. The Labute approximate surface area is 53.2 Å². The van der Waals surface area contributed by atoms with Crippen LogP contribution in [0.5, 0.6) is 0 Å². The smallest absolute Gasteiger partial charge is 0.0625 e. The molecule has 0 aliphatic carbocycles. The minimum atomic E-state index is 0.753. The van der Waals surface area contributed by atoms with E-state index in [9.17, 15) is 0 Å². The van der Waals surface area contributed by atoms with E-state index in [1.807, 2.05) is 6.92 Å². The summed E-state index contributed by atoms with van der Waals surface area (Å²) in [6, 6.07) is 0. The number of nitrogens with one attached hydrogen (secondary N) is 2. The van der Waals surface area contributed by atoms with Crippen LogP contribution in [-0.4, -0.2) is 0 Å². The largest absolute Gasteiger partial charge is 0.308 e. The van der Waals surface area contributed by atoms with Gasteiger partial charge in [-0.15, -0.1) is 0 Å². The van der Waals surface area contributed by atoms with Crippen LogP contribution in [0.1, 0.15) is 6.92 Å². The summed E-state index contributed by atoms with van der Waals surface area (Å²) >= 11 is 5.66. The second-order valence-corrected chi connectivity index (χ2v) is 1.98. The standard InChI is InChI=1S/C5H7ClN2/c1-4-5(6)2-3-7-8-4/h2-3,7-8H,1H3. The Balaban J connectivity index is 2.76. The quantitative estimate of drug-likeness (QED) is 0.513. The number of hydrogen-bond acceptors (Lipinski definition) is 2. The first-order chi connectivity index (χ1) is 3.80. The van der Waals surface area contributed by atoms with E-state index < -0.39 is 0 Å². The van der Waals surface area contributed by atoms with Crippen molar-refractivity contribution in [3.8, 4) is 0 Å². The highest BCUT2D eigenvalue weighted by atomic mass is 35.5. The molecule has 0 bridgehead atoms. The summed E-state index contributed by atoms with van der Waals surface area (Å²) < 4.78 is 0. The fourth-order valence-corrected chi connectivity index (χ4v) is 0.560. The van der Waals surface area contributed by atoms with E-state index >= 15 is 0 Å². The Bertz CT molecular complexity index is 149. The summed E-state index contributed by atoms with van der Waals surface area (Å²) in [5.74, 6) is 0. The number of hydrazine groups is 1. The SMILES string of the molecule is CC1=C(Cl)C=CNN1. The van der Waals surface area contributed by atoms with Crippen molar-refractivity contribution in [1.29, 1.82) is 0 Å². The molecule has 0 unspecified atom stereocenters. The number of halogens is 1. The van der Waals surface area contributed by atoms with Crippen molar-refractivity contribution < 1.29 is 0 Å². The van der Waals surface area contributed by atoms with Crippen molar-refractivity contribution in [2.45, 2.75) is 6.92 Å². The van der Waals surface area contributed by atoms with Crippen molar-refractivity contribution in [3.63, 3.8) is 0 Å². The molecule has 0 amide bonds. The minimum Gasteiger partial charge on any atom is -0.308 e. The van der Waals surface area contributed by atoms with Gasteiger partial charge in [0.05, 0.1) is 5.03 Å². The molecule has 0 saturated heterocycles. The number of rotatable bonds is 0. The monoisotopic (exact) mass is 130 g/mol. The second-order valence-electron chi connectivity index (χ2n) is 1.58. The van der Waals surface area contributed by atoms with Crippen molar-refractivity contribution in [2.75, 3.05) is 0 Å². The van der Waals surface area contributed by atoms with Gasteiger partial charge in [-0.05, 0) is 13.0 Å². The Morgan fingerprint density at radius 3 is 2.75 bits per heavy atom. The Hall–Kier alpha value is -0.630. The van der Waals surface area contributed by atoms with Gasteiger partial charge in [-0.3, -0.25) is 0 Å². The van der Waals surface area contributed by atoms with Crippen molar-refractivity contribution in [3.05, 3.63) is 23.0 Å². The van der Waals surface area contributed by atoms with E-state index in [0.29, 0.717) is 0 Å². The first-order valence-corrected chi connectivity index (χ1v) is 2.73. The van der Waals surface area contributed by atoms with E-state index in [1.165, 1.54) is 0 Å². The highest BCUT2D eigenvalue weighted by Crippen LogP contribution is 2.08. The molecule has 3 heteroatoms. The third kappa shape index (κ3) is 0.954. The van der Waals surface area contributed by atoms with E-state index in [2.05, 4.69) is 10.9 Å². The lowest BCUT2D eigenvalue weighted by molar-refractivity contribution is 0.716. The van der Waals surface area contributed by atoms with Crippen LogP contribution in [0.4, 0.5) is 0 Å². The maximum absolute atomic E-state index is 5.66. The molecule has 0 atom stereocenters. The van der Waals surface area contributed by atoms with E-state index in [4.69, 9.17) is 11.6 Å². The molecule has 0 aromatic rings. The first kappa shape index (κ1) is 5.51. The molecular formula is C5H7ClN2. The van der Waals surface area contributed by atoms with Crippen LogP contribution in [0.25, 0.3) is 0 Å². The lowest BCUT2D eigenvalue weighted by Crippen LogP contribution is -2.27. The molecule has 0 radical (unpaired) electrons. The Morgan fingerprint density at radius 1 is 1.62 bits per heavy atom. The van der Waals surface area contributed by atoms with Crippen molar-refractivity contribution in [2.24, 2.45) is 0 Å². The third-order valence-corrected chi connectivity index (χ3v) is 1.34. The summed E-state index contributed by atoms with van der Waals surface area (Å²) in [6.07, 6.45) is 3.54. The van der Waals surface area contributed by atoms with E-state index in [0.717, 1.165) is 10.7 Å². The topological polar surface area (TPSA) is 24.1 Å². The normalized spacial score (nSPS) is 17.8. The molecule has 0 aromatic heterocycles. The molecule has 0 fully saturated rings. The van der Waals surface area contributed by atoms with Crippen LogP contribution < -0.4 is 10.9 Å². The van der Waals surface area contributed by atoms with Crippen LogP contribution in [0.2, 0.25) is 0 Å². The summed E-state index contributed by atoms with van der Waals surface area (Å²) in [5, 5.41) is 0.753. The van der Waals surface area contributed by atoms with E-state index in [1.54, 1.807) is 12.3 Å².